The lowest BCUT2D eigenvalue weighted by atomic mass is 10.1. The maximum absolute atomic E-state index is 13.7. The van der Waals surface area contributed by atoms with Crippen LogP contribution in [0.3, 0.4) is 0 Å². The first kappa shape index (κ1) is 28.7. The Bertz CT molecular complexity index is 1680. The first-order valence-electron chi connectivity index (χ1n) is 11.9. The Balaban J connectivity index is 1.58. The summed E-state index contributed by atoms with van der Waals surface area (Å²) in [5, 5.41) is 4.95. The molecule has 0 radical (unpaired) electrons. The summed E-state index contributed by atoms with van der Waals surface area (Å²) < 4.78 is 44.1. The van der Waals surface area contributed by atoms with Crippen LogP contribution in [0.4, 0.5) is 5.69 Å². The summed E-state index contributed by atoms with van der Waals surface area (Å²) in [6.07, 6.45) is 1.34. The number of nitrogens with one attached hydrogen (secondary N) is 1. The minimum atomic E-state index is -4.19. The van der Waals surface area contributed by atoms with Crippen LogP contribution in [0.25, 0.3) is 10.9 Å². The Kier molecular flexibility index (Phi) is 8.76. The van der Waals surface area contributed by atoms with E-state index in [2.05, 4.69) is 15.5 Å². The fourth-order valence-corrected chi connectivity index (χ4v) is 5.46. The molecule has 10 nitrogen and oxygen atoms in total. The molecule has 0 bridgehead atoms. The van der Waals surface area contributed by atoms with Crippen LogP contribution in [0.2, 0.25) is 5.15 Å². The number of hydrogen-bond acceptors (Lipinski definition) is 8. The van der Waals surface area contributed by atoms with E-state index in [0.717, 1.165) is 15.3 Å². The zero-order valence-electron chi connectivity index (χ0n) is 22.2. The Morgan fingerprint density at radius 3 is 2.38 bits per heavy atom. The van der Waals surface area contributed by atoms with Gasteiger partial charge in [-0.2, -0.15) is 5.10 Å². The lowest BCUT2D eigenvalue weighted by molar-refractivity contribution is -0.119. The summed E-state index contributed by atoms with van der Waals surface area (Å²) in [7, 11) is 0.232. The predicted molar refractivity (Wildman–Crippen MR) is 154 cm³/mol. The van der Waals surface area contributed by atoms with E-state index in [-0.39, 0.29) is 15.8 Å². The number of benzene rings is 3. The van der Waals surface area contributed by atoms with Crippen molar-refractivity contribution in [3.05, 3.63) is 83.0 Å². The number of hydrogen-bond donors (Lipinski definition) is 1. The molecule has 1 N–H and O–H groups in total. The molecule has 208 valence electrons. The molecule has 1 amide bonds. The molecular formula is C28H27ClN4O6S. The highest BCUT2D eigenvalue weighted by Gasteiger charge is 2.28. The SMILES string of the molecule is COc1ccc2cc(/C=N\NC(=O)CN(c3ccc(C)cc3)S(=O)(=O)c3ccc(OC)c(OC)c3)c(Cl)nc2c1. The van der Waals surface area contributed by atoms with Crippen LogP contribution in [0, 0.1) is 6.92 Å². The van der Waals surface area contributed by atoms with E-state index in [1.54, 1.807) is 49.6 Å². The number of fused-ring (bicyclic) bond motifs is 1. The van der Waals surface area contributed by atoms with Crippen molar-refractivity contribution in [1.82, 2.24) is 10.4 Å². The topological polar surface area (TPSA) is 119 Å². The second-order valence-electron chi connectivity index (χ2n) is 8.58. The number of aromatic nitrogens is 1. The van der Waals surface area contributed by atoms with Gasteiger partial charge in [0.1, 0.15) is 17.4 Å². The van der Waals surface area contributed by atoms with Crippen molar-refractivity contribution in [1.29, 1.82) is 0 Å². The maximum atomic E-state index is 13.7. The number of nitrogens with zero attached hydrogens (tertiary/aromatic N) is 3. The van der Waals surface area contributed by atoms with Crippen molar-refractivity contribution in [3.8, 4) is 17.2 Å². The fourth-order valence-electron chi connectivity index (χ4n) is 3.83. The largest absolute Gasteiger partial charge is 0.497 e. The highest BCUT2D eigenvalue weighted by Crippen LogP contribution is 2.32. The number of ether oxygens (including phenoxy) is 3. The second kappa shape index (κ2) is 12.2. The van der Waals surface area contributed by atoms with Crippen LogP contribution in [-0.2, 0) is 14.8 Å². The molecule has 0 unspecified atom stereocenters. The van der Waals surface area contributed by atoms with Crippen LogP contribution < -0.4 is 23.9 Å². The molecule has 4 aromatic rings. The molecule has 0 aliphatic heterocycles. The van der Waals surface area contributed by atoms with Gasteiger partial charge in [-0.15, -0.1) is 0 Å². The molecule has 0 aliphatic rings. The lowest BCUT2D eigenvalue weighted by Crippen LogP contribution is -2.39. The Morgan fingerprint density at radius 2 is 1.70 bits per heavy atom. The molecule has 0 saturated heterocycles. The second-order valence-corrected chi connectivity index (χ2v) is 10.8. The van der Waals surface area contributed by atoms with Crippen molar-refractivity contribution in [2.45, 2.75) is 11.8 Å². The van der Waals surface area contributed by atoms with E-state index in [0.29, 0.717) is 28.3 Å². The summed E-state index contributed by atoms with van der Waals surface area (Å²) in [4.78, 5) is 17.2. The molecule has 1 heterocycles. The van der Waals surface area contributed by atoms with Gasteiger partial charge < -0.3 is 14.2 Å². The quantitative estimate of drug-likeness (QED) is 0.165. The van der Waals surface area contributed by atoms with Crippen molar-refractivity contribution >= 4 is 50.3 Å². The molecule has 4 rings (SSSR count). The molecule has 0 aliphatic carbocycles. The third-order valence-electron chi connectivity index (χ3n) is 5.95. The first-order valence-corrected chi connectivity index (χ1v) is 13.8. The fraction of sp³-hybridized carbons (Fsp3) is 0.179. The standard InChI is InChI=1S/C28H27ClN4O6S/c1-18-5-8-21(9-6-18)33(40(35,36)23-11-12-25(38-3)26(15-23)39-4)17-27(34)32-30-16-20-13-19-7-10-22(37-2)14-24(19)31-28(20)29/h5-16H,17H2,1-4H3,(H,32,34)/b30-16-. The third kappa shape index (κ3) is 6.27. The average molecular weight is 583 g/mol. The highest BCUT2D eigenvalue weighted by molar-refractivity contribution is 7.92. The van der Waals surface area contributed by atoms with Crippen molar-refractivity contribution < 1.29 is 27.4 Å². The van der Waals surface area contributed by atoms with Gasteiger partial charge in [-0.1, -0.05) is 29.3 Å². The maximum Gasteiger partial charge on any atom is 0.264 e. The summed E-state index contributed by atoms with van der Waals surface area (Å²) >= 11 is 6.30. The third-order valence-corrected chi connectivity index (χ3v) is 8.02. The molecule has 3 aromatic carbocycles. The van der Waals surface area contributed by atoms with Crippen molar-refractivity contribution in [3.63, 3.8) is 0 Å². The average Bonchev–Trinajstić information content (AvgIpc) is 2.95. The number of anilines is 1. The van der Waals surface area contributed by atoms with Gasteiger partial charge in [0.2, 0.25) is 0 Å². The Hall–Kier alpha value is -4.35. The smallest absolute Gasteiger partial charge is 0.264 e. The predicted octanol–water partition coefficient (Wildman–Crippen LogP) is 4.57. The van der Waals surface area contributed by atoms with E-state index in [1.165, 1.54) is 38.6 Å². The van der Waals surface area contributed by atoms with Gasteiger partial charge >= 0.3 is 0 Å². The van der Waals surface area contributed by atoms with Gasteiger partial charge in [-0.05, 0) is 49.4 Å². The van der Waals surface area contributed by atoms with Gasteiger partial charge in [0.05, 0.1) is 43.6 Å². The first-order chi connectivity index (χ1) is 19.2. The molecule has 1 aromatic heterocycles. The number of amides is 1. The zero-order chi connectivity index (χ0) is 28.9. The van der Waals surface area contributed by atoms with Gasteiger partial charge in [-0.3, -0.25) is 9.10 Å². The van der Waals surface area contributed by atoms with Crippen LogP contribution >= 0.6 is 11.6 Å². The number of carbonyl (C=O) groups excluding carboxylic acids is 1. The lowest BCUT2D eigenvalue weighted by Gasteiger charge is -2.24. The number of sulfonamides is 1. The molecular weight excluding hydrogens is 556 g/mol. The number of hydrazone groups is 1. The molecule has 0 atom stereocenters. The summed E-state index contributed by atoms with van der Waals surface area (Å²) in [5.41, 5.74) is 4.71. The summed E-state index contributed by atoms with van der Waals surface area (Å²) in [5.74, 6) is 0.582. The van der Waals surface area contributed by atoms with Crippen molar-refractivity contribution in [2.24, 2.45) is 5.10 Å². The minimum absolute atomic E-state index is 0.0762. The van der Waals surface area contributed by atoms with Gasteiger partial charge in [0.15, 0.2) is 11.5 Å². The summed E-state index contributed by atoms with van der Waals surface area (Å²) in [6, 6.07) is 18.1. The van der Waals surface area contributed by atoms with Crippen LogP contribution in [-0.4, -0.2) is 53.4 Å². The van der Waals surface area contributed by atoms with Crippen LogP contribution in [0.5, 0.6) is 17.2 Å². The molecule has 40 heavy (non-hydrogen) atoms. The number of carbonyl (C=O) groups is 1. The van der Waals surface area contributed by atoms with Crippen molar-refractivity contribution in [2.75, 3.05) is 32.2 Å². The van der Waals surface area contributed by atoms with Gasteiger partial charge in [-0.25, -0.2) is 18.8 Å². The number of pyridine rings is 1. The van der Waals surface area contributed by atoms with Crippen LogP contribution in [0.15, 0.2) is 76.7 Å². The number of aryl methyl sites for hydroxylation is 1. The van der Waals surface area contributed by atoms with E-state index >= 15 is 0 Å². The Morgan fingerprint density at radius 1 is 0.975 bits per heavy atom. The molecule has 12 heteroatoms. The normalized spacial score (nSPS) is 11.4. The molecule has 0 spiro atoms. The van der Waals surface area contributed by atoms with Gasteiger partial charge in [0.25, 0.3) is 15.9 Å². The number of halogens is 1. The monoisotopic (exact) mass is 582 g/mol. The summed E-state index contributed by atoms with van der Waals surface area (Å²) in [6.45, 7) is 1.34. The van der Waals surface area contributed by atoms with E-state index < -0.39 is 22.5 Å². The van der Waals surface area contributed by atoms with E-state index in [4.69, 9.17) is 25.8 Å². The number of rotatable bonds is 10. The molecule has 0 fully saturated rings. The number of methoxy groups -OCH3 is 3. The van der Waals surface area contributed by atoms with Gasteiger partial charge in [0, 0.05) is 23.1 Å². The zero-order valence-corrected chi connectivity index (χ0v) is 23.8. The highest BCUT2D eigenvalue weighted by atomic mass is 35.5. The molecule has 0 saturated carbocycles. The van der Waals surface area contributed by atoms with Crippen LogP contribution in [0.1, 0.15) is 11.1 Å². The van der Waals surface area contributed by atoms with E-state index in [9.17, 15) is 13.2 Å². The minimum Gasteiger partial charge on any atom is -0.497 e. The Labute approximate surface area is 237 Å². The van der Waals surface area contributed by atoms with E-state index in [1.807, 2.05) is 13.0 Å².